The van der Waals surface area contributed by atoms with E-state index in [2.05, 4.69) is 10.0 Å². The van der Waals surface area contributed by atoms with E-state index in [1.54, 1.807) is 18.2 Å². The Hall–Kier alpha value is -2.05. The fraction of sp³-hybridized carbons (Fsp3) is 0.235. The van der Waals surface area contributed by atoms with Crippen molar-refractivity contribution < 1.29 is 13.2 Å². The molecule has 0 aromatic heterocycles. The quantitative estimate of drug-likeness (QED) is 0.875. The minimum absolute atomic E-state index is 0.0590. The molecule has 0 heterocycles. The molecule has 2 aromatic rings. The van der Waals surface area contributed by atoms with Gasteiger partial charge < -0.3 is 5.32 Å². The number of rotatable bonds is 4. The molecule has 0 spiro atoms. The first-order valence-corrected chi connectivity index (χ1v) is 9.76. The second-order valence-corrected chi connectivity index (χ2v) is 8.05. The van der Waals surface area contributed by atoms with Crippen molar-refractivity contribution in [2.45, 2.75) is 18.9 Å². The molecule has 1 atom stereocenters. The van der Waals surface area contributed by atoms with E-state index in [1.165, 1.54) is 6.07 Å². The maximum absolute atomic E-state index is 12.5. The molecule has 1 amide bonds. The Morgan fingerprint density at radius 3 is 2.75 bits per heavy atom. The molecular formula is C17H17ClN2O3S. The molecule has 1 aliphatic carbocycles. The zero-order chi connectivity index (χ0) is 17.3. The van der Waals surface area contributed by atoms with Crippen molar-refractivity contribution in [3.8, 4) is 0 Å². The van der Waals surface area contributed by atoms with Crippen LogP contribution in [0.2, 0.25) is 5.02 Å². The van der Waals surface area contributed by atoms with Crippen molar-refractivity contribution in [2.24, 2.45) is 0 Å². The summed E-state index contributed by atoms with van der Waals surface area (Å²) in [5.74, 6) is -0.236. The summed E-state index contributed by atoms with van der Waals surface area (Å²) in [6.45, 7) is 0. The summed E-state index contributed by atoms with van der Waals surface area (Å²) >= 11 is 6.00. The molecule has 0 unspecified atom stereocenters. The molecule has 0 saturated carbocycles. The van der Waals surface area contributed by atoms with Crippen LogP contribution in [0.25, 0.3) is 0 Å². The van der Waals surface area contributed by atoms with Crippen LogP contribution in [0.4, 0.5) is 5.69 Å². The lowest BCUT2D eigenvalue weighted by Crippen LogP contribution is -2.27. The standard InChI is InChI=1S/C17H17ClN2O3S/c1-24(22,23)20-14-4-2-3-12(10-14)17(21)19-16-8-5-11-9-13(18)6-7-15(11)16/h2-4,6-7,9-10,16,20H,5,8H2,1H3,(H,19,21)/t16-/m0/s1. The van der Waals surface area contributed by atoms with E-state index in [4.69, 9.17) is 11.6 Å². The Morgan fingerprint density at radius 2 is 2.00 bits per heavy atom. The highest BCUT2D eigenvalue weighted by atomic mass is 35.5. The average molecular weight is 365 g/mol. The van der Waals surface area contributed by atoms with Crippen LogP contribution in [0.15, 0.2) is 42.5 Å². The molecule has 0 aliphatic heterocycles. The first-order chi connectivity index (χ1) is 11.3. The topological polar surface area (TPSA) is 75.3 Å². The monoisotopic (exact) mass is 364 g/mol. The number of carbonyl (C=O) groups excluding carboxylic acids is 1. The predicted molar refractivity (Wildman–Crippen MR) is 94.9 cm³/mol. The van der Waals surface area contributed by atoms with Gasteiger partial charge in [-0.1, -0.05) is 23.7 Å². The number of hydrogen-bond acceptors (Lipinski definition) is 3. The van der Waals surface area contributed by atoms with Crippen molar-refractivity contribution in [1.29, 1.82) is 0 Å². The number of benzene rings is 2. The van der Waals surface area contributed by atoms with Crippen LogP contribution in [0, 0.1) is 0 Å². The molecule has 2 aromatic carbocycles. The number of amides is 1. The van der Waals surface area contributed by atoms with Crippen LogP contribution < -0.4 is 10.0 Å². The van der Waals surface area contributed by atoms with E-state index in [0.29, 0.717) is 16.3 Å². The van der Waals surface area contributed by atoms with Gasteiger partial charge in [-0.15, -0.1) is 0 Å². The van der Waals surface area contributed by atoms with Crippen molar-refractivity contribution in [1.82, 2.24) is 5.32 Å². The van der Waals surface area contributed by atoms with Gasteiger partial charge >= 0.3 is 0 Å². The second-order valence-electron chi connectivity index (χ2n) is 5.86. The van der Waals surface area contributed by atoms with E-state index >= 15 is 0 Å². The first-order valence-electron chi connectivity index (χ1n) is 7.49. The van der Waals surface area contributed by atoms with Gasteiger partial charge in [-0.2, -0.15) is 0 Å². The summed E-state index contributed by atoms with van der Waals surface area (Å²) in [6, 6.07) is 12.1. The van der Waals surface area contributed by atoms with E-state index in [1.807, 2.05) is 18.2 Å². The Morgan fingerprint density at radius 1 is 1.21 bits per heavy atom. The van der Waals surface area contributed by atoms with Crippen LogP contribution in [0.1, 0.15) is 33.9 Å². The van der Waals surface area contributed by atoms with Crippen LogP contribution in [0.3, 0.4) is 0 Å². The Bertz CT molecular complexity index is 896. The van der Waals surface area contributed by atoms with Gasteiger partial charge in [0.25, 0.3) is 5.91 Å². The van der Waals surface area contributed by atoms with Gasteiger partial charge in [-0.3, -0.25) is 9.52 Å². The minimum Gasteiger partial charge on any atom is -0.345 e. The summed E-state index contributed by atoms with van der Waals surface area (Å²) in [4.78, 5) is 12.5. The summed E-state index contributed by atoms with van der Waals surface area (Å²) in [6.07, 6.45) is 2.76. The highest BCUT2D eigenvalue weighted by Crippen LogP contribution is 2.33. The molecule has 24 heavy (non-hydrogen) atoms. The van der Waals surface area contributed by atoms with Gasteiger partial charge in [-0.25, -0.2) is 8.42 Å². The summed E-state index contributed by atoms with van der Waals surface area (Å²) in [5, 5.41) is 3.70. The van der Waals surface area contributed by atoms with Gasteiger partial charge in [0, 0.05) is 16.3 Å². The van der Waals surface area contributed by atoms with Gasteiger partial charge in [0.15, 0.2) is 0 Å². The molecule has 0 radical (unpaired) electrons. The SMILES string of the molecule is CS(=O)(=O)Nc1cccc(C(=O)N[C@H]2CCc3cc(Cl)ccc32)c1. The Balaban J connectivity index is 1.76. The number of aryl methyl sites for hydroxylation is 1. The highest BCUT2D eigenvalue weighted by Gasteiger charge is 2.24. The van der Waals surface area contributed by atoms with Crippen molar-refractivity contribution in [3.63, 3.8) is 0 Å². The lowest BCUT2D eigenvalue weighted by Gasteiger charge is -2.15. The van der Waals surface area contributed by atoms with Gasteiger partial charge in [0.05, 0.1) is 12.3 Å². The number of nitrogens with one attached hydrogen (secondary N) is 2. The third kappa shape index (κ3) is 3.88. The number of anilines is 1. The fourth-order valence-electron chi connectivity index (χ4n) is 2.92. The zero-order valence-corrected chi connectivity index (χ0v) is 14.6. The molecular weight excluding hydrogens is 348 g/mol. The largest absolute Gasteiger partial charge is 0.345 e. The molecule has 0 bridgehead atoms. The van der Waals surface area contributed by atoms with Gasteiger partial charge in [-0.05, 0) is 54.3 Å². The smallest absolute Gasteiger partial charge is 0.251 e. The molecule has 1 aliphatic rings. The highest BCUT2D eigenvalue weighted by molar-refractivity contribution is 7.92. The third-order valence-electron chi connectivity index (χ3n) is 3.92. The molecule has 2 N–H and O–H groups in total. The Labute approximate surface area is 146 Å². The third-order valence-corrected chi connectivity index (χ3v) is 4.76. The molecule has 126 valence electrons. The van der Waals surface area contributed by atoms with E-state index in [-0.39, 0.29) is 11.9 Å². The molecule has 7 heteroatoms. The van der Waals surface area contributed by atoms with Crippen molar-refractivity contribution >= 4 is 33.2 Å². The molecule has 0 fully saturated rings. The molecule has 0 saturated heterocycles. The first kappa shape index (κ1) is 16.8. The fourth-order valence-corrected chi connectivity index (χ4v) is 3.67. The van der Waals surface area contributed by atoms with Crippen LogP contribution in [0.5, 0.6) is 0 Å². The summed E-state index contributed by atoms with van der Waals surface area (Å²) in [5.41, 5.74) is 3.01. The molecule has 5 nitrogen and oxygen atoms in total. The Kier molecular flexibility index (Phi) is 4.51. The number of fused-ring (bicyclic) bond motifs is 1. The van der Waals surface area contributed by atoms with E-state index in [0.717, 1.165) is 30.2 Å². The van der Waals surface area contributed by atoms with Crippen LogP contribution in [-0.4, -0.2) is 20.6 Å². The zero-order valence-electron chi connectivity index (χ0n) is 13.0. The van der Waals surface area contributed by atoms with E-state index in [9.17, 15) is 13.2 Å². The number of carbonyl (C=O) groups is 1. The maximum atomic E-state index is 12.5. The number of sulfonamides is 1. The summed E-state index contributed by atoms with van der Waals surface area (Å²) < 4.78 is 25.0. The van der Waals surface area contributed by atoms with Crippen molar-refractivity contribution in [2.75, 3.05) is 11.0 Å². The van der Waals surface area contributed by atoms with Crippen molar-refractivity contribution in [3.05, 3.63) is 64.2 Å². The number of hydrogen-bond donors (Lipinski definition) is 2. The minimum atomic E-state index is -3.38. The average Bonchev–Trinajstić information content (AvgIpc) is 2.88. The second kappa shape index (κ2) is 6.45. The molecule has 3 rings (SSSR count). The maximum Gasteiger partial charge on any atom is 0.251 e. The number of halogens is 1. The van der Waals surface area contributed by atoms with Gasteiger partial charge in [0.1, 0.15) is 0 Å². The van der Waals surface area contributed by atoms with Crippen LogP contribution in [-0.2, 0) is 16.4 Å². The van der Waals surface area contributed by atoms with E-state index < -0.39 is 10.0 Å². The van der Waals surface area contributed by atoms with Crippen LogP contribution >= 0.6 is 11.6 Å². The lowest BCUT2D eigenvalue weighted by atomic mass is 10.1. The lowest BCUT2D eigenvalue weighted by molar-refractivity contribution is 0.0936. The predicted octanol–water partition coefficient (Wildman–Crippen LogP) is 3.13. The van der Waals surface area contributed by atoms with Gasteiger partial charge in [0.2, 0.25) is 10.0 Å². The summed E-state index contributed by atoms with van der Waals surface area (Å²) in [7, 11) is -3.38. The normalized spacial score (nSPS) is 16.5.